The van der Waals surface area contributed by atoms with Gasteiger partial charge >= 0.3 is 0 Å². The fourth-order valence-corrected chi connectivity index (χ4v) is 2.61. The molecule has 96 valence electrons. The Kier molecular flexibility index (Phi) is 3.45. The molecule has 2 rings (SSSR count). The van der Waals surface area contributed by atoms with E-state index in [9.17, 15) is 8.42 Å². The van der Waals surface area contributed by atoms with Gasteiger partial charge in [0.15, 0.2) is 0 Å². The van der Waals surface area contributed by atoms with Gasteiger partial charge in [-0.25, -0.2) is 18.4 Å². The molecule has 0 unspecified atom stereocenters. The van der Waals surface area contributed by atoms with Gasteiger partial charge in [-0.1, -0.05) is 0 Å². The molecule has 2 heterocycles. The summed E-state index contributed by atoms with van der Waals surface area (Å²) in [6.45, 7) is 1.89. The second-order valence-corrected chi connectivity index (χ2v) is 5.99. The third-order valence-corrected chi connectivity index (χ3v) is 4.05. The van der Waals surface area contributed by atoms with Gasteiger partial charge in [-0.15, -0.1) is 0 Å². The molecular weight excluding hydrogens is 254 g/mol. The highest BCUT2D eigenvalue weighted by molar-refractivity contribution is 7.88. The average Bonchev–Trinajstić information content (AvgIpc) is 2.38. The van der Waals surface area contributed by atoms with Crippen molar-refractivity contribution in [2.45, 2.75) is 0 Å². The van der Waals surface area contributed by atoms with E-state index in [2.05, 4.69) is 9.97 Å². The van der Waals surface area contributed by atoms with Crippen molar-refractivity contribution in [3.8, 4) is 6.07 Å². The topological polar surface area (TPSA) is 90.2 Å². The minimum atomic E-state index is -3.13. The molecule has 0 amide bonds. The number of rotatable bonds is 2. The minimum Gasteiger partial charge on any atom is -0.338 e. The van der Waals surface area contributed by atoms with E-state index < -0.39 is 10.0 Å². The summed E-state index contributed by atoms with van der Waals surface area (Å²) in [7, 11) is -3.13. The summed E-state index contributed by atoms with van der Waals surface area (Å²) < 4.78 is 24.2. The number of aromatic nitrogens is 2. The smallest absolute Gasteiger partial charge is 0.226 e. The highest BCUT2D eigenvalue weighted by Gasteiger charge is 2.24. The van der Waals surface area contributed by atoms with Crippen molar-refractivity contribution in [2.24, 2.45) is 0 Å². The first-order valence-electron chi connectivity index (χ1n) is 5.44. The molecule has 0 bridgehead atoms. The molecule has 0 aromatic carbocycles. The molecule has 0 spiro atoms. The molecule has 7 nitrogen and oxygen atoms in total. The molecular formula is C10H13N5O2S. The molecule has 1 aliphatic rings. The SMILES string of the molecule is CS(=O)(=O)N1CCN(c2nccc(C#N)n2)CC1. The summed E-state index contributed by atoms with van der Waals surface area (Å²) in [5.41, 5.74) is 0.311. The van der Waals surface area contributed by atoms with Gasteiger partial charge in [-0.2, -0.15) is 9.57 Å². The fraction of sp³-hybridized carbons (Fsp3) is 0.500. The third-order valence-electron chi connectivity index (χ3n) is 2.75. The molecule has 0 N–H and O–H groups in total. The summed E-state index contributed by atoms with van der Waals surface area (Å²) in [6, 6.07) is 3.49. The van der Waals surface area contributed by atoms with E-state index in [1.54, 1.807) is 0 Å². The summed E-state index contributed by atoms with van der Waals surface area (Å²) in [5.74, 6) is 0.474. The zero-order valence-corrected chi connectivity index (χ0v) is 10.8. The van der Waals surface area contributed by atoms with E-state index in [4.69, 9.17) is 5.26 Å². The normalized spacial score (nSPS) is 17.4. The van der Waals surface area contributed by atoms with Crippen LogP contribution in [0.4, 0.5) is 5.95 Å². The van der Waals surface area contributed by atoms with Crippen LogP contribution in [0.1, 0.15) is 5.69 Å². The minimum absolute atomic E-state index is 0.311. The summed E-state index contributed by atoms with van der Waals surface area (Å²) >= 11 is 0. The van der Waals surface area contributed by atoms with Gasteiger partial charge in [0.25, 0.3) is 0 Å². The van der Waals surface area contributed by atoms with Crippen LogP contribution >= 0.6 is 0 Å². The largest absolute Gasteiger partial charge is 0.338 e. The van der Waals surface area contributed by atoms with Gasteiger partial charge in [0.2, 0.25) is 16.0 Å². The first-order chi connectivity index (χ1) is 8.50. The number of nitriles is 1. The Morgan fingerprint density at radius 2 is 2.00 bits per heavy atom. The van der Waals surface area contributed by atoms with Crippen molar-refractivity contribution in [1.82, 2.24) is 14.3 Å². The maximum atomic E-state index is 11.4. The lowest BCUT2D eigenvalue weighted by molar-refractivity contribution is 0.385. The molecule has 1 saturated heterocycles. The second-order valence-electron chi connectivity index (χ2n) is 4.00. The van der Waals surface area contributed by atoms with Gasteiger partial charge in [0.1, 0.15) is 11.8 Å². The lowest BCUT2D eigenvalue weighted by atomic mass is 10.4. The summed E-state index contributed by atoms with van der Waals surface area (Å²) in [5, 5.41) is 8.76. The summed E-state index contributed by atoms with van der Waals surface area (Å²) in [4.78, 5) is 10.1. The van der Waals surface area contributed by atoms with Crippen LogP contribution in [0.25, 0.3) is 0 Å². The van der Waals surface area contributed by atoms with E-state index in [1.807, 2.05) is 11.0 Å². The first kappa shape index (κ1) is 12.7. The quantitative estimate of drug-likeness (QED) is 0.712. The molecule has 1 fully saturated rings. The van der Waals surface area contributed by atoms with E-state index in [-0.39, 0.29) is 0 Å². The Morgan fingerprint density at radius 3 is 2.56 bits per heavy atom. The number of piperazine rings is 1. The van der Waals surface area contributed by atoms with Crippen LogP contribution in [0.3, 0.4) is 0 Å². The lowest BCUT2D eigenvalue weighted by Gasteiger charge is -2.33. The Hall–Kier alpha value is -1.72. The van der Waals surface area contributed by atoms with E-state index in [0.717, 1.165) is 0 Å². The number of hydrogen-bond acceptors (Lipinski definition) is 6. The predicted octanol–water partition coefficient (Wildman–Crippen LogP) is -0.570. The summed E-state index contributed by atoms with van der Waals surface area (Å²) in [6.07, 6.45) is 2.74. The van der Waals surface area contributed by atoms with E-state index in [0.29, 0.717) is 37.8 Å². The number of anilines is 1. The van der Waals surface area contributed by atoms with Crippen molar-refractivity contribution in [2.75, 3.05) is 37.3 Å². The van der Waals surface area contributed by atoms with Gasteiger partial charge in [-0.05, 0) is 6.07 Å². The lowest BCUT2D eigenvalue weighted by Crippen LogP contribution is -2.48. The molecule has 8 heteroatoms. The molecule has 1 aromatic rings. The monoisotopic (exact) mass is 267 g/mol. The van der Waals surface area contributed by atoms with E-state index >= 15 is 0 Å². The molecule has 1 aliphatic heterocycles. The molecule has 0 aliphatic carbocycles. The third kappa shape index (κ3) is 2.75. The Bertz CT molecular complexity index is 572. The fourth-order valence-electron chi connectivity index (χ4n) is 1.78. The van der Waals surface area contributed by atoms with Gasteiger partial charge in [0, 0.05) is 32.4 Å². The Labute approximate surface area is 106 Å². The maximum absolute atomic E-state index is 11.4. The van der Waals surface area contributed by atoms with Crippen molar-refractivity contribution in [1.29, 1.82) is 5.26 Å². The molecule has 0 saturated carbocycles. The van der Waals surface area contributed by atoms with Gasteiger partial charge < -0.3 is 4.90 Å². The van der Waals surface area contributed by atoms with Gasteiger partial charge in [-0.3, -0.25) is 0 Å². The first-order valence-corrected chi connectivity index (χ1v) is 7.29. The van der Waals surface area contributed by atoms with Crippen LogP contribution in [0.15, 0.2) is 12.3 Å². The number of hydrogen-bond donors (Lipinski definition) is 0. The molecule has 18 heavy (non-hydrogen) atoms. The number of nitrogens with zero attached hydrogens (tertiary/aromatic N) is 5. The molecule has 0 atom stereocenters. The highest BCUT2D eigenvalue weighted by Crippen LogP contribution is 2.12. The van der Waals surface area contributed by atoms with Crippen molar-refractivity contribution in [3.05, 3.63) is 18.0 Å². The molecule has 1 aromatic heterocycles. The van der Waals surface area contributed by atoms with E-state index in [1.165, 1.54) is 22.8 Å². The van der Waals surface area contributed by atoms with Crippen molar-refractivity contribution in [3.63, 3.8) is 0 Å². The predicted molar refractivity (Wildman–Crippen MR) is 65.4 cm³/mol. The van der Waals surface area contributed by atoms with Crippen molar-refractivity contribution >= 4 is 16.0 Å². The van der Waals surface area contributed by atoms with Crippen LogP contribution < -0.4 is 4.90 Å². The standard InChI is InChI=1S/C10H13N5O2S/c1-18(16,17)15-6-4-14(5-7-15)10-12-3-2-9(8-11)13-10/h2-3H,4-7H2,1H3. The molecule has 0 radical (unpaired) electrons. The van der Waals surface area contributed by atoms with Gasteiger partial charge in [0.05, 0.1) is 6.26 Å². The zero-order chi connectivity index (χ0) is 13.2. The number of sulfonamides is 1. The van der Waals surface area contributed by atoms with Crippen LogP contribution in [-0.2, 0) is 10.0 Å². The average molecular weight is 267 g/mol. The highest BCUT2D eigenvalue weighted by atomic mass is 32.2. The van der Waals surface area contributed by atoms with Crippen LogP contribution in [0, 0.1) is 11.3 Å². The van der Waals surface area contributed by atoms with Crippen molar-refractivity contribution < 1.29 is 8.42 Å². The Morgan fingerprint density at radius 1 is 1.33 bits per heavy atom. The van der Waals surface area contributed by atoms with Crippen LogP contribution in [0.2, 0.25) is 0 Å². The Balaban J connectivity index is 2.08. The second kappa shape index (κ2) is 4.88. The zero-order valence-electron chi connectivity index (χ0n) is 9.94. The van der Waals surface area contributed by atoms with Crippen LogP contribution in [0.5, 0.6) is 0 Å². The maximum Gasteiger partial charge on any atom is 0.226 e. The van der Waals surface area contributed by atoms with Crippen LogP contribution in [-0.4, -0.2) is 55.1 Å².